The number of carbonyl (C=O) groups is 1. The highest BCUT2D eigenvalue weighted by atomic mass is 32.2. The molecule has 6 heteroatoms. The van der Waals surface area contributed by atoms with Crippen LogP contribution in [0.15, 0.2) is 35.2 Å². The fourth-order valence-corrected chi connectivity index (χ4v) is 2.98. The van der Waals surface area contributed by atoms with Gasteiger partial charge in [0.1, 0.15) is 5.01 Å². The Kier molecular flexibility index (Phi) is 4.93. The molecule has 0 aliphatic heterocycles. The number of rotatable bonds is 5. The number of anilines is 1. The van der Waals surface area contributed by atoms with Crippen LogP contribution in [0.2, 0.25) is 0 Å². The van der Waals surface area contributed by atoms with Crippen molar-refractivity contribution in [3.63, 3.8) is 0 Å². The summed E-state index contributed by atoms with van der Waals surface area (Å²) in [4.78, 5) is 13.1. The first-order valence-electron chi connectivity index (χ1n) is 6.04. The van der Waals surface area contributed by atoms with Gasteiger partial charge in [-0.25, -0.2) is 0 Å². The van der Waals surface area contributed by atoms with E-state index in [1.807, 2.05) is 44.2 Å². The number of amides is 1. The number of nitrogens with one attached hydrogen (secondary N) is 1. The number of nitrogens with zero attached hydrogens (tertiary/aromatic N) is 2. The van der Waals surface area contributed by atoms with Crippen LogP contribution in [0.25, 0.3) is 0 Å². The topological polar surface area (TPSA) is 54.9 Å². The summed E-state index contributed by atoms with van der Waals surface area (Å²) in [6, 6.07) is 9.88. The first-order valence-corrected chi connectivity index (χ1v) is 7.73. The molecule has 1 atom stereocenters. The molecule has 1 amide bonds. The SMILES string of the molecule is CCc1nnc(NC(=O)[C@H](C)Sc2ccccc2)s1. The van der Waals surface area contributed by atoms with Gasteiger partial charge in [-0.2, -0.15) is 0 Å². The lowest BCUT2D eigenvalue weighted by Crippen LogP contribution is -2.22. The van der Waals surface area contributed by atoms with Gasteiger partial charge in [-0.05, 0) is 25.5 Å². The van der Waals surface area contributed by atoms with Gasteiger partial charge in [0.2, 0.25) is 11.0 Å². The molecule has 2 rings (SSSR count). The predicted octanol–water partition coefficient (Wildman–Crippen LogP) is 3.22. The van der Waals surface area contributed by atoms with Crippen molar-refractivity contribution >= 4 is 34.1 Å². The third kappa shape index (κ3) is 4.04. The fraction of sp³-hybridized carbons (Fsp3) is 0.308. The summed E-state index contributed by atoms with van der Waals surface area (Å²) in [5.74, 6) is -0.0485. The van der Waals surface area contributed by atoms with E-state index in [9.17, 15) is 4.79 Å². The first-order chi connectivity index (χ1) is 9.19. The second-order valence-corrected chi connectivity index (χ2v) is 6.39. The van der Waals surface area contributed by atoms with Crippen LogP contribution >= 0.6 is 23.1 Å². The van der Waals surface area contributed by atoms with E-state index < -0.39 is 0 Å². The van der Waals surface area contributed by atoms with Crippen molar-refractivity contribution < 1.29 is 4.79 Å². The van der Waals surface area contributed by atoms with Crippen LogP contribution in [0.5, 0.6) is 0 Å². The van der Waals surface area contributed by atoms with Crippen molar-refractivity contribution in [3.8, 4) is 0 Å². The van der Waals surface area contributed by atoms with E-state index in [-0.39, 0.29) is 11.2 Å². The minimum atomic E-state index is -0.170. The van der Waals surface area contributed by atoms with Crippen molar-refractivity contribution in [2.45, 2.75) is 30.4 Å². The maximum absolute atomic E-state index is 12.0. The molecule has 0 radical (unpaired) electrons. The molecule has 4 nitrogen and oxygen atoms in total. The zero-order valence-electron chi connectivity index (χ0n) is 10.8. The van der Waals surface area contributed by atoms with Crippen molar-refractivity contribution in [3.05, 3.63) is 35.3 Å². The van der Waals surface area contributed by atoms with Gasteiger partial charge in [0.15, 0.2) is 0 Å². The van der Waals surface area contributed by atoms with Crippen molar-refractivity contribution in [2.75, 3.05) is 5.32 Å². The van der Waals surface area contributed by atoms with Crippen molar-refractivity contribution in [1.82, 2.24) is 10.2 Å². The molecule has 1 N–H and O–H groups in total. The molecule has 0 unspecified atom stereocenters. The Morgan fingerprint density at radius 2 is 2.11 bits per heavy atom. The molecule has 2 aromatic rings. The summed E-state index contributed by atoms with van der Waals surface area (Å²) < 4.78 is 0. The number of aryl methyl sites for hydroxylation is 1. The molecule has 0 saturated carbocycles. The molecule has 1 heterocycles. The van der Waals surface area contributed by atoms with Crippen LogP contribution in [0.4, 0.5) is 5.13 Å². The lowest BCUT2D eigenvalue weighted by molar-refractivity contribution is -0.115. The number of aromatic nitrogens is 2. The second kappa shape index (κ2) is 6.68. The number of hydrogen-bond acceptors (Lipinski definition) is 5. The Balaban J connectivity index is 1.92. The van der Waals surface area contributed by atoms with Gasteiger partial charge in [0.05, 0.1) is 5.25 Å². The van der Waals surface area contributed by atoms with Crippen LogP contribution in [-0.2, 0) is 11.2 Å². The predicted molar refractivity (Wildman–Crippen MR) is 79.7 cm³/mol. The highest BCUT2D eigenvalue weighted by molar-refractivity contribution is 8.00. The second-order valence-electron chi connectivity index (χ2n) is 3.92. The quantitative estimate of drug-likeness (QED) is 0.860. The average molecular weight is 293 g/mol. The lowest BCUT2D eigenvalue weighted by atomic mass is 10.4. The Morgan fingerprint density at radius 3 is 2.74 bits per heavy atom. The number of carbonyl (C=O) groups excluding carboxylic acids is 1. The zero-order chi connectivity index (χ0) is 13.7. The normalized spacial score (nSPS) is 12.1. The number of benzene rings is 1. The molecule has 0 saturated heterocycles. The number of hydrogen-bond donors (Lipinski definition) is 1. The largest absolute Gasteiger partial charge is 0.300 e. The highest BCUT2D eigenvalue weighted by Crippen LogP contribution is 2.24. The molecule has 0 aliphatic carbocycles. The molecule has 0 spiro atoms. The molecule has 0 bridgehead atoms. The molecule has 1 aromatic heterocycles. The zero-order valence-corrected chi connectivity index (χ0v) is 12.4. The summed E-state index contributed by atoms with van der Waals surface area (Å²) in [5, 5.41) is 12.1. The third-order valence-corrected chi connectivity index (χ3v) is 4.52. The maximum Gasteiger partial charge on any atom is 0.239 e. The maximum atomic E-state index is 12.0. The van der Waals surface area contributed by atoms with E-state index >= 15 is 0 Å². The molecule has 1 aromatic carbocycles. The standard InChI is InChI=1S/C13H15N3OS2/c1-3-11-15-16-13(19-11)14-12(17)9(2)18-10-7-5-4-6-8-10/h4-9H,3H2,1-2H3,(H,14,16,17)/t9-/m0/s1. The lowest BCUT2D eigenvalue weighted by Gasteiger charge is -2.09. The smallest absolute Gasteiger partial charge is 0.239 e. The van der Waals surface area contributed by atoms with Crippen LogP contribution in [0.1, 0.15) is 18.9 Å². The molecule has 19 heavy (non-hydrogen) atoms. The summed E-state index contributed by atoms with van der Waals surface area (Å²) in [6.45, 7) is 3.90. The van der Waals surface area contributed by atoms with Gasteiger partial charge in [-0.1, -0.05) is 36.5 Å². The van der Waals surface area contributed by atoms with Gasteiger partial charge in [-0.15, -0.1) is 22.0 Å². The molecule has 0 fully saturated rings. The molecular formula is C13H15N3OS2. The Bertz CT molecular complexity index is 542. The van der Waals surface area contributed by atoms with Gasteiger partial charge < -0.3 is 0 Å². The summed E-state index contributed by atoms with van der Waals surface area (Å²) in [6.07, 6.45) is 0.835. The van der Waals surface area contributed by atoms with E-state index in [1.54, 1.807) is 0 Å². The van der Waals surface area contributed by atoms with E-state index in [2.05, 4.69) is 15.5 Å². The van der Waals surface area contributed by atoms with Crippen LogP contribution in [0.3, 0.4) is 0 Å². The van der Waals surface area contributed by atoms with E-state index in [0.29, 0.717) is 5.13 Å². The van der Waals surface area contributed by atoms with Crippen LogP contribution in [0, 0.1) is 0 Å². The first kappa shape index (κ1) is 14.0. The highest BCUT2D eigenvalue weighted by Gasteiger charge is 2.16. The van der Waals surface area contributed by atoms with E-state index in [4.69, 9.17) is 0 Å². The van der Waals surface area contributed by atoms with Crippen molar-refractivity contribution in [2.24, 2.45) is 0 Å². The number of thioether (sulfide) groups is 1. The van der Waals surface area contributed by atoms with Gasteiger partial charge in [0, 0.05) is 4.90 Å². The van der Waals surface area contributed by atoms with E-state index in [0.717, 1.165) is 16.3 Å². The van der Waals surface area contributed by atoms with Crippen molar-refractivity contribution in [1.29, 1.82) is 0 Å². The average Bonchev–Trinajstić information content (AvgIpc) is 2.87. The Hall–Kier alpha value is -1.40. The molecule has 0 aliphatic rings. The molecular weight excluding hydrogens is 278 g/mol. The summed E-state index contributed by atoms with van der Waals surface area (Å²) in [7, 11) is 0. The van der Waals surface area contributed by atoms with Crippen LogP contribution in [-0.4, -0.2) is 21.4 Å². The third-order valence-electron chi connectivity index (χ3n) is 2.42. The van der Waals surface area contributed by atoms with E-state index in [1.165, 1.54) is 23.1 Å². The van der Waals surface area contributed by atoms with Crippen LogP contribution < -0.4 is 5.32 Å². The summed E-state index contributed by atoms with van der Waals surface area (Å²) in [5.41, 5.74) is 0. The fourth-order valence-electron chi connectivity index (χ4n) is 1.41. The Labute approximate surface area is 120 Å². The summed E-state index contributed by atoms with van der Waals surface area (Å²) >= 11 is 2.95. The minimum absolute atomic E-state index is 0.0485. The monoisotopic (exact) mass is 293 g/mol. The minimum Gasteiger partial charge on any atom is -0.300 e. The van der Waals surface area contributed by atoms with Gasteiger partial charge >= 0.3 is 0 Å². The molecule has 100 valence electrons. The van der Waals surface area contributed by atoms with Gasteiger partial charge in [0.25, 0.3) is 0 Å². The van der Waals surface area contributed by atoms with Gasteiger partial charge in [-0.3, -0.25) is 10.1 Å². The Morgan fingerprint density at radius 1 is 1.37 bits per heavy atom.